The molecule has 0 radical (unpaired) electrons. The number of hydrogen-bond acceptors (Lipinski definition) is 4. The van der Waals surface area contributed by atoms with Crippen LogP contribution in [0.1, 0.15) is 23.2 Å². The fourth-order valence-electron chi connectivity index (χ4n) is 2.61. The maximum atomic E-state index is 12.2. The van der Waals surface area contributed by atoms with Crippen molar-refractivity contribution in [2.45, 2.75) is 18.9 Å². The van der Waals surface area contributed by atoms with E-state index in [1.807, 2.05) is 7.05 Å². The predicted molar refractivity (Wildman–Crippen MR) is 86.9 cm³/mol. The molecule has 0 saturated carbocycles. The molecule has 0 spiro atoms. The third kappa shape index (κ3) is 4.29. The van der Waals surface area contributed by atoms with Crippen molar-refractivity contribution in [3.63, 3.8) is 0 Å². The van der Waals surface area contributed by atoms with Crippen LogP contribution in [0.2, 0.25) is 0 Å². The number of benzene rings is 1. The van der Waals surface area contributed by atoms with Crippen molar-refractivity contribution >= 4 is 23.4 Å². The molecule has 0 atom stereocenters. The van der Waals surface area contributed by atoms with Crippen molar-refractivity contribution < 1.29 is 14.4 Å². The smallest absolute Gasteiger partial charge is 0.313 e. The lowest BCUT2D eigenvalue weighted by Crippen LogP contribution is -2.47. The molecule has 7 heteroatoms. The van der Waals surface area contributed by atoms with E-state index in [1.54, 1.807) is 19.2 Å². The van der Waals surface area contributed by atoms with Crippen LogP contribution in [0.25, 0.3) is 0 Å². The molecule has 1 aliphatic heterocycles. The molecule has 0 unspecified atom stereocenters. The van der Waals surface area contributed by atoms with E-state index in [4.69, 9.17) is 5.73 Å². The van der Waals surface area contributed by atoms with Crippen LogP contribution < -0.4 is 11.1 Å². The van der Waals surface area contributed by atoms with Crippen molar-refractivity contribution in [3.8, 4) is 0 Å². The lowest BCUT2D eigenvalue weighted by atomic mass is 10.0. The lowest BCUT2D eigenvalue weighted by Gasteiger charge is -2.34. The molecule has 7 nitrogen and oxygen atoms in total. The molecule has 0 bridgehead atoms. The Morgan fingerprint density at radius 1 is 1.17 bits per heavy atom. The van der Waals surface area contributed by atoms with Crippen LogP contribution in [0.15, 0.2) is 24.3 Å². The number of nitrogens with zero attached hydrogens (tertiary/aromatic N) is 2. The van der Waals surface area contributed by atoms with Gasteiger partial charge < -0.3 is 20.9 Å². The summed E-state index contributed by atoms with van der Waals surface area (Å²) < 4.78 is 0. The summed E-state index contributed by atoms with van der Waals surface area (Å²) in [6.45, 7) is 1.83. The maximum absolute atomic E-state index is 12.2. The van der Waals surface area contributed by atoms with E-state index in [-0.39, 0.29) is 6.04 Å². The number of carbonyl (C=O) groups is 3. The molecule has 23 heavy (non-hydrogen) atoms. The van der Waals surface area contributed by atoms with Crippen LogP contribution in [-0.2, 0) is 9.59 Å². The molecule has 1 saturated heterocycles. The summed E-state index contributed by atoms with van der Waals surface area (Å²) >= 11 is 0. The average molecular weight is 318 g/mol. The van der Waals surface area contributed by atoms with Gasteiger partial charge in [0.15, 0.2) is 0 Å². The average Bonchev–Trinajstić information content (AvgIpc) is 2.54. The van der Waals surface area contributed by atoms with Crippen molar-refractivity contribution in [3.05, 3.63) is 29.8 Å². The summed E-state index contributed by atoms with van der Waals surface area (Å²) in [5.41, 5.74) is 5.95. The molecule has 2 rings (SSSR count). The van der Waals surface area contributed by atoms with E-state index >= 15 is 0 Å². The van der Waals surface area contributed by atoms with Crippen LogP contribution in [0.3, 0.4) is 0 Å². The summed E-state index contributed by atoms with van der Waals surface area (Å²) in [4.78, 5) is 39.0. The van der Waals surface area contributed by atoms with Gasteiger partial charge in [0, 0.05) is 24.3 Å². The summed E-state index contributed by atoms with van der Waals surface area (Å²) in [5.74, 6) is -1.78. The summed E-state index contributed by atoms with van der Waals surface area (Å²) in [7, 11) is 3.70. The Hall–Kier alpha value is -2.41. The van der Waals surface area contributed by atoms with E-state index in [2.05, 4.69) is 10.2 Å². The van der Waals surface area contributed by atoms with Gasteiger partial charge in [-0.3, -0.25) is 14.4 Å². The molecule has 3 N–H and O–H groups in total. The van der Waals surface area contributed by atoms with Crippen molar-refractivity contribution in [1.82, 2.24) is 9.80 Å². The van der Waals surface area contributed by atoms with Crippen LogP contribution in [0, 0.1) is 0 Å². The number of primary amides is 1. The number of rotatable bonds is 3. The first-order valence-electron chi connectivity index (χ1n) is 7.55. The number of likely N-dealkylation sites (N-methyl/N-ethyl adjacent to an activating group) is 1. The van der Waals surface area contributed by atoms with Crippen molar-refractivity contribution in [2.75, 3.05) is 32.5 Å². The van der Waals surface area contributed by atoms with Gasteiger partial charge in [0.2, 0.25) is 5.91 Å². The number of carbonyl (C=O) groups excluding carboxylic acids is 3. The second kappa shape index (κ2) is 7.23. The zero-order valence-corrected chi connectivity index (χ0v) is 13.4. The monoisotopic (exact) mass is 318 g/mol. The minimum Gasteiger partial charge on any atom is -0.366 e. The van der Waals surface area contributed by atoms with Gasteiger partial charge in [-0.25, -0.2) is 0 Å². The highest BCUT2D eigenvalue weighted by Gasteiger charge is 2.27. The Bertz CT molecular complexity index is 592. The molecule has 3 amide bonds. The number of piperidine rings is 1. The van der Waals surface area contributed by atoms with Gasteiger partial charge in [0.1, 0.15) is 0 Å². The molecule has 1 heterocycles. The van der Waals surface area contributed by atoms with Crippen molar-refractivity contribution in [1.29, 1.82) is 0 Å². The van der Waals surface area contributed by atoms with Crippen molar-refractivity contribution in [2.24, 2.45) is 5.73 Å². The Morgan fingerprint density at radius 2 is 1.74 bits per heavy atom. The van der Waals surface area contributed by atoms with E-state index in [9.17, 15) is 14.4 Å². The van der Waals surface area contributed by atoms with Gasteiger partial charge in [-0.05, 0) is 57.2 Å². The van der Waals surface area contributed by atoms with Crippen LogP contribution in [0.5, 0.6) is 0 Å². The minimum absolute atomic E-state index is 0.0849. The highest BCUT2D eigenvalue weighted by Crippen LogP contribution is 2.15. The normalized spacial score (nSPS) is 15.9. The molecule has 1 fully saturated rings. The minimum atomic E-state index is -0.682. The molecule has 1 aliphatic rings. The van der Waals surface area contributed by atoms with Gasteiger partial charge >= 0.3 is 11.8 Å². The van der Waals surface area contributed by atoms with Crippen LogP contribution in [-0.4, -0.2) is 60.7 Å². The third-order valence-corrected chi connectivity index (χ3v) is 4.18. The molecule has 124 valence electrons. The van der Waals surface area contributed by atoms with Crippen LogP contribution >= 0.6 is 0 Å². The Kier molecular flexibility index (Phi) is 5.33. The highest BCUT2D eigenvalue weighted by atomic mass is 16.2. The topological polar surface area (TPSA) is 95.7 Å². The zero-order valence-electron chi connectivity index (χ0n) is 13.4. The quantitative estimate of drug-likeness (QED) is 0.782. The number of amides is 3. The number of anilines is 1. The number of likely N-dealkylation sites (tertiary alicyclic amines) is 1. The van der Waals surface area contributed by atoms with Gasteiger partial charge in [-0.15, -0.1) is 0 Å². The second-order valence-electron chi connectivity index (χ2n) is 5.85. The summed E-state index contributed by atoms with van der Waals surface area (Å²) in [5, 5.41) is 2.54. The van der Waals surface area contributed by atoms with E-state index < -0.39 is 17.7 Å². The summed E-state index contributed by atoms with van der Waals surface area (Å²) in [6, 6.07) is 6.18. The third-order valence-electron chi connectivity index (χ3n) is 4.18. The number of nitrogens with two attached hydrogens (primary N) is 1. The molecular formula is C16H22N4O3. The predicted octanol–water partition coefficient (Wildman–Crippen LogP) is 0.277. The van der Waals surface area contributed by atoms with E-state index in [0.717, 1.165) is 25.9 Å². The fourth-order valence-corrected chi connectivity index (χ4v) is 2.61. The van der Waals surface area contributed by atoms with Gasteiger partial charge in [0.25, 0.3) is 0 Å². The first-order chi connectivity index (χ1) is 10.9. The Balaban J connectivity index is 1.94. The first-order valence-corrected chi connectivity index (χ1v) is 7.55. The van der Waals surface area contributed by atoms with Gasteiger partial charge in [0.05, 0.1) is 0 Å². The SMILES string of the molecule is CN1CCC(N(C)C(=O)C(=O)Nc2ccc(C(N)=O)cc2)CC1. The lowest BCUT2D eigenvalue weighted by molar-refractivity contribution is -0.144. The molecule has 1 aromatic carbocycles. The number of hydrogen-bond donors (Lipinski definition) is 2. The maximum Gasteiger partial charge on any atom is 0.313 e. The second-order valence-corrected chi connectivity index (χ2v) is 5.85. The molecule has 0 aromatic heterocycles. The van der Waals surface area contributed by atoms with Crippen LogP contribution in [0.4, 0.5) is 5.69 Å². The molecule has 1 aromatic rings. The van der Waals surface area contributed by atoms with E-state index in [1.165, 1.54) is 17.0 Å². The van der Waals surface area contributed by atoms with Gasteiger partial charge in [-0.1, -0.05) is 0 Å². The number of nitrogens with one attached hydrogen (secondary N) is 1. The summed E-state index contributed by atoms with van der Waals surface area (Å²) in [6.07, 6.45) is 1.72. The largest absolute Gasteiger partial charge is 0.366 e. The zero-order chi connectivity index (χ0) is 17.0. The molecule has 0 aliphatic carbocycles. The van der Waals surface area contributed by atoms with E-state index in [0.29, 0.717) is 11.3 Å². The first kappa shape index (κ1) is 17.0. The Morgan fingerprint density at radius 3 is 2.26 bits per heavy atom. The molecular weight excluding hydrogens is 296 g/mol. The van der Waals surface area contributed by atoms with Gasteiger partial charge in [-0.2, -0.15) is 0 Å². The Labute approximate surface area is 135 Å². The fraction of sp³-hybridized carbons (Fsp3) is 0.438. The highest BCUT2D eigenvalue weighted by molar-refractivity contribution is 6.39. The standard InChI is InChI=1S/C16H22N4O3/c1-19-9-7-13(8-10-19)20(2)16(23)15(22)18-12-5-3-11(4-6-12)14(17)21/h3-6,13H,7-10H2,1-2H3,(H2,17,21)(H,18,22).